The highest BCUT2D eigenvalue weighted by Crippen LogP contribution is 2.25. The third-order valence-corrected chi connectivity index (χ3v) is 6.09. The average molecular weight is 463 g/mol. The third kappa shape index (κ3) is 5.53. The van der Waals surface area contributed by atoms with Crippen LogP contribution in [0, 0.1) is 6.92 Å². The zero-order valence-corrected chi connectivity index (χ0v) is 18.7. The van der Waals surface area contributed by atoms with Crippen LogP contribution in [0.25, 0.3) is 0 Å². The van der Waals surface area contributed by atoms with Gasteiger partial charge in [0.25, 0.3) is 5.91 Å². The summed E-state index contributed by atoms with van der Waals surface area (Å²) in [4.78, 5) is 12.5. The summed E-state index contributed by atoms with van der Waals surface area (Å²) in [5.74, 6) is -0.357. The number of hydrogen-bond donors (Lipinski definition) is 1. The first-order chi connectivity index (χ1) is 14.1. The molecular weight excluding hydrogens is 443 g/mol. The lowest BCUT2D eigenvalue weighted by molar-refractivity contribution is 0.102. The van der Waals surface area contributed by atoms with Crippen molar-refractivity contribution < 1.29 is 13.2 Å². The zero-order chi connectivity index (χ0) is 21.9. The van der Waals surface area contributed by atoms with Crippen LogP contribution in [-0.2, 0) is 16.6 Å². The Labute approximate surface area is 186 Å². The van der Waals surface area contributed by atoms with Crippen molar-refractivity contribution in [1.82, 2.24) is 0 Å². The van der Waals surface area contributed by atoms with E-state index in [1.807, 2.05) is 31.2 Å². The molecule has 0 fully saturated rings. The molecule has 3 aromatic rings. The zero-order valence-electron chi connectivity index (χ0n) is 16.4. The summed E-state index contributed by atoms with van der Waals surface area (Å²) < 4.78 is 26.1. The quantitative estimate of drug-likeness (QED) is 0.524. The fourth-order valence-electron chi connectivity index (χ4n) is 2.95. The van der Waals surface area contributed by atoms with Gasteiger partial charge in [0.05, 0.1) is 18.5 Å². The summed E-state index contributed by atoms with van der Waals surface area (Å²) >= 11 is 11.9. The van der Waals surface area contributed by atoms with E-state index in [2.05, 4.69) is 5.32 Å². The Hall–Kier alpha value is -2.54. The van der Waals surface area contributed by atoms with E-state index < -0.39 is 10.0 Å². The van der Waals surface area contributed by atoms with Crippen molar-refractivity contribution in [3.8, 4) is 0 Å². The van der Waals surface area contributed by atoms with E-state index in [0.717, 1.165) is 17.4 Å². The van der Waals surface area contributed by atoms with Gasteiger partial charge in [-0.1, -0.05) is 47.5 Å². The van der Waals surface area contributed by atoms with Crippen molar-refractivity contribution in [1.29, 1.82) is 0 Å². The van der Waals surface area contributed by atoms with Crippen LogP contribution >= 0.6 is 23.2 Å². The largest absolute Gasteiger partial charge is 0.322 e. The van der Waals surface area contributed by atoms with Crippen molar-refractivity contribution in [2.75, 3.05) is 15.9 Å². The Morgan fingerprint density at radius 2 is 1.57 bits per heavy atom. The molecule has 0 atom stereocenters. The number of benzene rings is 3. The van der Waals surface area contributed by atoms with Gasteiger partial charge < -0.3 is 5.32 Å². The molecule has 3 aromatic carbocycles. The Bertz CT molecular complexity index is 1160. The molecule has 3 rings (SSSR count). The van der Waals surface area contributed by atoms with Gasteiger partial charge in [-0.05, 0) is 60.5 Å². The SMILES string of the molecule is Cc1ccccc1CN(c1ccc(C(=O)Nc2cc(Cl)cc(Cl)c2)cc1)S(C)(=O)=O. The molecule has 0 aliphatic rings. The summed E-state index contributed by atoms with van der Waals surface area (Å²) in [5, 5.41) is 3.55. The summed E-state index contributed by atoms with van der Waals surface area (Å²) in [6, 6.07) is 18.7. The number of anilines is 2. The highest BCUT2D eigenvalue weighted by molar-refractivity contribution is 7.92. The fourth-order valence-corrected chi connectivity index (χ4v) is 4.35. The first-order valence-electron chi connectivity index (χ1n) is 9.03. The molecule has 0 saturated carbocycles. The van der Waals surface area contributed by atoms with Crippen LogP contribution in [0.3, 0.4) is 0 Å². The predicted molar refractivity (Wildman–Crippen MR) is 123 cm³/mol. The summed E-state index contributed by atoms with van der Waals surface area (Å²) in [6.07, 6.45) is 1.16. The molecule has 0 radical (unpaired) electrons. The number of halogens is 2. The monoisotopic (exact) mass is 462 g/mol. The number of sulfonamides is 1. The van der Waals surface area contributed by atoms with Gasteiger partial charge in [0.15, 0.2) is 0 Å². The number of nitrogens with zero attached hydrogens (tertiary/aromatic N) is 1. The van der Waals surface area contributed by atoms with Crippen molar-refractivity contribution in [3.63, 3.8) is 0 Å². The molecule has 0 heterocycles. The lowest BCUT2D eigenvalue weighted by Gasteiger charge is -2.23. The number of hydrogen-bond acceptors (Lipinski definition) is 3. The molecule has 0 unspecified atom stereocenters. The average Bonchev–Trinajstić information content (AvgIpc) is 2.66. The lowest BCUT2D eigenvalue weighted by Crippen LogP contribution is -2.29. The van der Waals surface area contributed by atoms with Gasteiger partial charge in [-0.2, -0.15) is 0 Å². The molecule has 1 N–H and O–H groups in total. The number of nitrogens with one attached hydrogen (secondary N) is 1. The third-order valence-electron chi connectivity index (χ3n) is 4.51. The highest BCUT2D eigenvalue weighted by Gasteiger charge is 2.19. The lowest BCUT2D eigenvalue weighted by atomic mass is 10.1. The van der Waals surface area contributed by atoms with E-state index in [-0.39, 0.29) is 12.5 Å². The van der Waals surface area contributed by atoms with Gasteiger partial charge in [0.2, 0.25) is 10.0 Å². The second kappa shape index (κ2) is 9.08. The molecule has 1 amide bonds. The van der Waals surface area contributed by atoms with Crippen molar-refractivity contribution in [3.05, 3.63) is 93.5 Å². The Morgan fingerprint density at radius 3 is 2.13 bits per heavy atom. The second-order valence-electron chi connectivity index (χ2n) is 6.86. The van der Waals surface area contributed by atoms with E-state index in [9.17, 15) is 13.2 Å². The minimum absolute atomic E-state index is 0.206. The maximum absolute atomic E-state index is 12.5. The van der Waals surface area contributed by atoms with Gasteiger partial charge in [-0.15, -0.1) is 0 Å². The van der Waals surface area contributed by atoms with E-state index >= 15 is 0 Å². The van der Waals surface area contributed by atoms with Gasteiger partial charge in [-0.25, -0.2) is 8.42 Å². The minimum Gasteiger partial charge on any atom is -0.322 e. The van der Waals surface area contributed by atoms with Crippen LogP contribution in [0.1, 0.15) is 21.5 Å². The minimum atomic E-state index is -3.52. The first-order valence-corrected chi connectivity index (χ1v) is 11.6. The summed E-state index contributed by atoms with van der Waals surface area (Å²) in [6.45, 7) is 2.14. The molecule has 8 heteroatoms. The number of carbonyl (C=O) groups is 1. The summed E-state index contributed by atoms with van der Waals surface area (Å²) in [7, 11) is -3.52. The van der Waals surface area contributed by atoms with Gasteiger partial charge in [0, 0.05) is 21.3 Å². The standard InChI is InChI=1S/C22H20Cl2N2O3S/c1-15-5-3-4-6-17(15)14-26(30(2,28)29)21-9-7-16(8-10-21)22(27)25-20-12-18(23)11-19(24)13-20/h3-13H,14H2,1-2H3,(H,25,27). The predicted octanol–water partition coefficient (Wildman–Crippen LogP) is 5.52. The Balaban J connectivity index is 1.82. The first kappa shape index (κ1) is 22.2. The van der Waals surface area contributed by atoms with Crippen LogP contribution < -0.4 is 9.62 Å². The number of rotatable bonds is 6. The molecule has 0 saturated heterocycles. The molecule has 0 aromatic heterocycles. The number of amides is 1. The van der Waals surface area contributed by atoms with Gasteiger partial charge in [0.1, 0.15) is 0 Å². The van der Waals surface area contributed by atoms with Crippen molar-refractivity contribution >= 4 is 50.5 Å². The molecule has 0 aliphatic heterocycles. The van der Waals surface area contributed by atoms with Crippen LogP contribution in [-0.4, -0.2) is 20.6 Å². The maximum Gasteiger partial charge on any atom is 0.255 e. The van der Waals surface area contributed by atoms with Gasteiger partial charge in [-0.3, -0.25) is 9.10 Å². The Morgan fingerprint density at radius 1 is 0.967 bits per heavy atom. The normalized spacial score (nSPS) is 11.2. The van der Waals surface area contributed by atoms with Crippen LogP contribution in [0.4, 0.5) is 11.4 Å². The molecular formula is C22H20Cl2N2O3S. The summed E-state index contributed by atoms with van der Waals surface area (Å²) in [5.41, 5.74) is 3.23. The smallest absolute Gasteiger partial charge is 0.255 e. The molecule has 0 aliphatic carbocycles. The van der Waals surface area contributed by atoms with Crippen LogP contribution in [0.15, 0.2) is 66.7 Å². The molecule has 5 nitrogen and oxygen atoms in total. The van der Waals surface area contributed by atoms with Crippen molar-refractivity contribution in [2.24, 2.45) is 0 Å². The molecule has 0 spiro atoms. The van der Waals surface area contributed by atoms with E-state index in [1.165, 1.54) is 4.31 Å². The van der Waals surface area contributed by atoms with E-state index in [4.69, 9.17) is 23.2 Å². The molecule has 0 bridgehead atoms. The van der Waals surface area contributed by atoms with Crippen molar-refractivity contribution in [2.45, 2.75) is 13.5 Å². The highest BCUT2D eigenvalue weighted by atomic mass is 35.5. The Kier molecular flexibility index (Phi) is 6.71. The molecule has 156 valence electrons. The molecule has 30 heavy (non-hydrogen) atoms. The van der Waals surface area contributed by atoms with Gasteiger partial charge >= 0.3 is 0 Å². The van der Waals surface area contributed by atoms with Crippen LogP contribution in [0.5, 0.6) is 0 Å². The number of aryl methyl sites for hydroxylation is 1. The van der Waals surface area contributed by atoms with Crippen LogP contribution in [0.2, 0.25) is 10.0 Å². The fraction of sp³-hybridized carbons (Fsp3) is 0.136. The van der Waals surface area contributed by atoms with E-state index in [1.54, 1.807) is 42.5 Å². The number of carbonyl (C=O) groups excluding carboxylic acids is 1. The maximum atomic E-state index is 12.5. The van der Waals surface area contributed by atoms with E-state index in [0.29, 0.717) is 27.0 Å². The topological polar surface area (TPSA) is 66.5 Å². The second-order valence-corrected chi connectivity index (χ2v) is 9.63.